The third kappa shape index (κ3) is 19.9. The number of nitrogens with zero attached hydrogens (tertiary/aromatic N) is 1. The Bertz CT molecular complexity index is 724. The van der Waals surface area contributed by atoms with Crippen molar-refractivity contribution in [2.24, 2.45) is 0 Å². The molecular weight excluding hydrogens is 875 g/mol. The molecule has 0 saturated carbocycles. The SMILES string of the molecule is C=IC(C)(C)OCCC(C)(C)OC[N+](CC)(COC(C)(C)CCOC(C)(C)I=C)COC(C)(C)CCOC(C)(C)I=C. The molecule has 0 rings (SSSR count). The van der Waals surface area contributed by atoms with Gasteiger partial charge in [0, 0.05) is 0 Å². The molecule has 7 nitrogen and oxygen atoms in total. The number of quaternary nitrogens is 1. The van der Waals surface area contributed by atoms with Gasteiger partial charge in [0.1, 0.15) is 10.8 Å². The van der Waals surface area contributed by atoms with E-state index in [-0.39, 0.29) is 89.8 Å². The standard InChI is InChI=1S/C32H65I3NO6/c1-17-36(24-40-27(2,3)18-21-37-30(8,9)33-14,25-41-28(4,5)19-22-38-31(10,11)34-15)26-42-29(6,7)20-23-39-32(12,13)35-16/h14-26H2,1-13H3/q+1. The first-order valence-corrected chi connectivity index (χ1v) is 22.7. The third-order valence-electron chi connectivity index (χ3n) is 7.27. The average molecular weight is 941 g/mol. The van der Waals surface area contributed by atoms with E-state index in [0.717, 1.165) is 25.8 Å². The van der Waals surface area contributed by atoms with E-state index in [0.29, 0.717) is 44.5 Å². The lowest BCUT2D eigenvalue weighted by molar-refractivity contribution is -0.981. The van der Waals surface area contributed by atoms with Crippen molar-refractivity contribution in [2.45, 2.75) is 137 Å². The van der Waals surface area contributed by atoms with Crippen molar-refractivity contribution in [3.8, 4) is 0 Å². The smallest absolute Gasteiger partial charge is 0.187 e. The van der Waals surface area contributed by atoms with E-state index in [4.69, 9.17) is 28.4 Å². The first kappa shape index (κ1) is 43.5. The second-order valence-corrected chi connectivity index (χ2v) is 24.1. The number of hydrogen-bond acceptors (Lipinski definition) is 6. The molecule has 0 heterocycles. The van der Waals surface area contributed by atoms with Crippen molar-refractivity contribution in [1.29, 1.82) is 0 Å². The molecule has 0 fully saturated rings. The molecular formula is C32H65I3NO6+. The molecule has 0 spiro atoms. The molecule has 42 heavy (non-hydrogen) atoms. The zero-order valence-corrected chi connectivity index (χ0v) is 35.7. The number of ether oxygens (including phenoxy) is 6. The molecule has 254 valence electrons. The fourth-order valence-corrected chi connectivity index (χ4v) is 4.59. The Morgan fingerprint density at radius 3 is 0.881 bits per heavy atom. The van der Waals surface area contributed by atoms with Crippen LogP contribution in [0.25, 0.3) is 0 Å². The van der Waals surface area contributed by atoms with Crippen LogP contribution in [0.2, 0.25) is 0 Å². The maximum atomic E-state index is 6.62. The highest BCUT2D eigenvalue weighted by molar-refractivity contribution is 14.2. The van der Waals surface area contributed by atoms with Crippen LogP contribution in [0, 0.1) is 0 Å². The average Bonchev–Trinajstić information content (AvgIpc) is 2.88. The van der Waals surface area contributed by atoms with Crippen LogP contribution in [0.5, 0.6) is 0 Å². The van der Waals surface area contributed by atoms with Crippen LogP contribution in [0.15, 0.2) is 0 Å². The van der Waals surface area contributed by atoms with E-state index < -0.39 is 0 Å². The molecule has 0 aromatic rings. The van der Waals surface area contributed by atoms with Gasteiger partial charge in [0.05, 0.1) is 43.2 Å². The molecule has 0 aromatic heterocycles. The van der Waals surface area contributed by atoms with Gasteiger partial charge in [0.2, 0.25) is 0 Å². The topological polar surface area (TPSA) is 55.4 Å². The van der Waals surface area contributed by atoms with E-state index in [1.807, 2.05) is 0 Å². The number of rotatable bonds is 25. The lowest BCUT2D eigenvalue weighted by Crippen LogP contribution is -2.56. The number of halogens is 3. The largest absolute Gasteiger partial charge is 0.366 e. The van der Waals surface area contributed by atoms with E-state index in [9.17, 15) is 0 Å². The van der Waals surface area contributed by atoms with Crippen LogP contribution in [-0.4, -0.2) is 92.2 Å². The van der Waals surface area contributed by atoms with E-state index in [1.165, 1.54) is 0 Å². The second kappa shape index (κ2) is 18.8. The summed E-state index contributed by atoms with van der Waals surface area (Å²) < 4.78 is 50.7. The quantitative estimate of drug-likeness (QED) is 0.0396. The summed E-state index contributed by atoms with van der Waals surface area (Å²) in [6.07, 6.45) is 2.39. The lowest BCUT2D eigenvalue weighted by atomic mass is 10.1. The monoisotopic (exact) mass is 940 g/mol. The molecule has 0 N–H and O–H groups in total. The van der Waals surface area contributed by atoms with Crippen LogP contribution in [-0.2, 0) is 28.4 Å². The van der Waals surface area contributed by atoms with Crippen molar-refractivity contribution < 1.29 is 32.9 Å². The van der Waals surface area contributed by atoms with Gasteiger partial charge in [-0.3, -0.25) is 4.48 Å². The molecule has 0 amide bonds. The van der Waals surface area contributed by atoms with Gasteiger partial charge in [-0.2, -0.15) is 0 Å². The lowest BCUT2D eigenvalue weighted by Gasteiger charge is -2.42. The van der Waals surface area contributed by atoms with Gasteiger partial charge in [0.25, 0.3) is 0 Å². The molecule has 0 radical (unpaired) electrons. The second-order valence-electron chi connectivity index (χ2n) is 14.0. The van der Waals surface area contributed by atoms with Crippen molar-refractivity contribution in [3.05, 3.63) is 0 Å². The maximum absolute atomic E-state index is 6.62. The van der Waals surface area contributed by atoms with Crippen LogP contribution >= 0.6 is 62.2 Å². The minimum Gasteiger partial charge on any atom is -0.366 e. The first-order valence-electron chi connectivity index (χ1n) is 14.9. The van der Waals surface area contributed by atoms with Crippen molar-refractivity contribution in [2.75, 3.05) is 46.6 Å². The summed E-state index contributed by atoms with van der Waals surface area (Å²) in [7, 11) is 0. The van der Waals surface area contributed by atoms with Crippen LogP contribution in [0.3, 0.4) is 0 Å². The van der Waals surface area contributed by atoms with Gasteiger partial charge in [-0.15, -0.1) is 0 Å². The maximum Gasteiger partial charge on any atom is 0.187 e. The molecule has 0 atom stereocenters. The summed E-state index contributed by atoms with van der Waals surface area (Å²) in [5.74, 6) is 0. The number of alkyl halides is 3. The summed E-state index contributed by atoms with van der Waals surface area (Å²) in [5.41, 5.74) is -1.06. The van der Waals surface area contributed by atoms with Gasteiger partial charge in [-0.25, -0.2) is 0 Å². The molecule has 0 aliphatic rings. The zero-order chi connectivity index (χ0) is 32.9. The van der Waals surface area contributed by atoms with Crippen LogP contribution in [0.4, 0.5) is 0 Å². The Morgan fingerprint density at radius 1 is 0.452 bits per heavy atom. The highest BCUT2D eigenvalue weighted by Gasteiger charge is 2.36. The summed E-state index contributed by atoms with van der Waals surface area (Å²) in [5, 5.41) is 0. The minimum atomic E-state index is -0.355. The fourth-order valence-electron chi connectivity index (χ4n) is 3.27. The van der Waals surface area contributed by atoms with Crippen molar-refractivity contribution >= 4 is 75.7 Å². The molecule has 0 aliphatic heterocycles. The Morgan fingerprint density at radius 2 is 0.690 bits per heavy atom. The molecule has 0 bridgehead atoms. The van der Waals surface area contributed by atoms with Gasteiger partial charge in [-0.05, 0) is 109 Å². The summed E-state index contributed by atoms with van der Waals surface area (Å²) in [6, 6.07) is 0. The molecule has 0 unspecified atom stereocenters. The van der Waals surface area contributed by atoms with Gasteiger partial charge >= 0.3 is 0 Å². The van der Waals surface area contributed by atoms with Crippen molar-refractivity contribution in [1.82, 2.24) is 0 Å². The predicted molar refractivity (Wildman–Crippen MR) is 208 cm³/mol. The van der Waals surface area contributed by atoms with E-state index in [2.05, 4.69) is 104 Å². The Kier molecular flexibility index (Phi) is 19.4. The van der Waals surface area contributed by atoms with Gasteiger partial charge in [-0.1, -0.05) is 75.7 Å². The van der Waals surface area contributed by atoms with Crippen LogP contribution in [0.1, 0.15) is 109 Å². The Balaban J connectivity index is 5.57. The third-order valence-corrected chi connectivity index (χ3v) is 13.7. The summed E-state index contributed by atoms with van der Waals surface area (Å²) >= 11 is -0.742. The van der Waals surface area contributed by atoms with Gasteiger partial charge < -0.3 is 28.4 Å². The Labute approximate surface area is 289 Å². The molecule has 0 aliphatic carbocycles. The summed E-state index contributed by atoms with van der Waals surface area (Å²) in [6.45, 7) is 31.9. The first-order chi connectivity index (χ1) is 19.0. The summed E-state index contributed by atoms with van der Waals surface area (Å²) in [4.78, 5) is 0. The van der Waals surface area contributed by atoms with Crippen LogP contribution < -0.4 is 0 Å². The van der Waals surface area contributed by atoms with Crippen molar-refractivity contribution in [3.63, 3.8) is 0 Å². The molecule has 0 aromatic carbocycles. The minimum absolute atomic E-state index is 0.125. The highest BCUT2D eigenvalue weighted by atomic mass is 127. The predicted octanol–water partition coefficient (Wildman–Crippen LogP) is 8.72. The fraction of sp³-hybridized carbons (Fsp3) is 0.906. The van der Waals surface area contributed by atoms with E-state index in [1.54, 1.807) is 0 Å². The van der Waals surface area contributed by atoms with E-state index >= 15 is 0 Å². The molecule has 0 saturated heterocycles. The molecule has 10 heteroatoms. The highest BCUT2D eigenvalue weighted by Crippen LogP contribution is 2.29. The number of hydrogen-bond donors (Lipinski definition) is 0. The normalized spacial score (nSPS) is 14.5. The van der Waals surface area contributed by atoms with Gasteiger partial charge in [0.15, 0.2) is 20.2 Å². The Hall–Kier alpha value is 1.52. The zero-order valence-electron chi connectivity index (χ0n) is 29.2.